The van der Waals surface area contributed by atoms with Gasteiger partial charge in [0.05, 0.1) is 19.3 Å². The van der Waals surface area contributed by atoms with Crippen molar-refractivity contribution in [2.45, 2.75) is 24.8 Å². The van der Waals surface area contributed by atoms with E-state index < -0.39 is 0 Å². The lowest BCUT2D eigenvalue weighted by molar-refractivity contribution is 0.100. The van der Waals surface area contributed by atoms with Crippen LogP contribution < -0.4 is 4.90 Å². The van der Waals surface area contributed by atoms with Crippen LogP contribution in [0.1, 0.15) is 24.6 Å². The first-order valence-electron chi connectivity index (χ1n) is 5.62. The van der Waals surface area contributed by atoms with E-state index >= 15 is 0 Å². The Morgan fingerprint density at radius 3 is 3.12 bits per heavy atom. The molecule has 1 aliphatic carbocycles. The van der Waals surface area contributed by atoms with Crippen LogP contribution in [0.5, 0.6) is 0 Å². The number of halogens is 1. The first kappa shape index (κ1) is 10.9. The minimum absolute atomic E-state index is 0.397. The predicted octanol–water partition coefficient (Wildman–Crippen LogP) is 2.02. The molecule has 2 heterocycles. The zero-order chi connectivity index (χ0) is 11.0. The second-order valence-corrected chi connectivity index (χ2v) is 5.66. The summed E-state index contributed by atoms with van der Waals surface area (Å²) < 4.78 is 9.93. The number of hydrogen-bond acceptors (Lipinski definition) is 5. The van der Waals surface area contributed by atoms with Crippen molar-refractivity contribution in [3.05, 3.63) is 5.82 Å². The average Bonchev–Trinajstić information content (AvgIpc) is 3.07. The van der Waals surface area contributed by atoms with Crippen molar-refractivity contribution in [1.82, 2.24) is 9.36 Å². The van der Waals surface area contributed by atoms with Crippen LogP contribution in [0.4, 0.5) is 5.13 Å². The van der Waals surface area contributed by atoms with Crippen LogP contribution in [-0.2, 0) is 4.74 Å². The molecule has 1 aromatic rings. The number of alkyl halides is 1. The van der Waals surface area contributed by atoms with Crippen LogP contribution >= 0.6 is 27.5 Å². The Balaban J connectivity index is 1.77. The van der Waals surface area contributed by atoms with Gasteiger partial charge in [0.2, 0.25) is 5.13 Å². The maximum Gasteiger partial charge on any atom is 0.205 e. The van der Waals surface area contributed by atoms with Crippen LogP contribution in [0.2, 0.25) is 0 Å². The van der Waals surface area contributed by atoms with E-state index in [0.717, 1.165) is 36.0 Å². The zero-order valence-corrected chi connectivity index (χ0v) is 11.3. The summed E-state index contributed by atoms with van der Waals surface area (Å²) in [5.41, 5.74) is 0. The normalized spacial score (nSPS) is 26.1. The highest BCUT2D eigenvalue weighted by atomic mass is 79.9. The number of rotatable bonds is 3. The summed E-state index contributed by atoms with van der Waals surface area (Å²) in [6, 6.07) is 0.397. The Morgan fingerprint density at radius 2 is 2.38 bits per heavy atom. The molecule has 3 rings (SSSR count). The molecule has 1 saturated heterocycles. The smallest absolute Gasteiger partial charge is 0.205 e. The lowest BCUT2D eigenvalue weighted by Gasteiger charge is -2.33. The van der Waals surface area contributed by atoms with Crippen LogP contribution in [0.3, 0.4) is 0 Å². The first-order valence-corrected chi connectivity index (χ1v) is 7.52. The summed E-state index contributed by atoms with van der Waals surface area (Å²) in [6.45, 7) is 2.50. The van der Waals surface area contributed by atoms with Gasteiger partial charge in [0.25, 0.3) is 0 Å². The summed E-state index contributed by atoms with van der Waals surface area (Å²) >= 11 is 5.06. The number of morpholine rings is 1. The molecule has 0 amide bonds. The minimum Gasteiger partial charge on any atom is -0.377 e. The number of ether oxygens (including phenoxy) is 1. The average molecular weight is 304 g/mol. The van der Waals surface area contributed by atoms with E-state index in [1.165, 1.54) is 24.4 Å². The summed E-state index contributed by atoms with van der Waals surface area (Å²) in [5, 5.41) is 1.99. The fourth-order valence-electron chi connectivity index (χ4n) is 1.88. The fourth-order valence-corrected chi connectivity index (χ4v) is 3.27. The van der Waals surface area contributed by atoms with Crippen LogP contribution in [0.15, 0.2) is 0 Å². The summed E-state index contributed by atoms with van der Waals surface area (Å²) in [5.74, 6) is 1.70. The third-order valence-electron chi connectivity index (χ3n) is 3.02. The van der Waals surface area contributed by atoms with Crippen LogP contribution in [0.25, 0.3) is 0 Å². The zero-order valence-electron chi connectivity index (χ0n) is 8.93. The molecule has 1 saturated carbocycles. The van der Waals surface area contributed by atoms with Gasteiger partial charge in [-0.3, -0.25) is 0 Å². The number of aromatic nitrogens is 2. The molecule has 1 unspecified atom stereocenters. The quantitative estimate of drug-likeness (QED) is 0.801. The molecule has 6 heteroatoms. The summed E-state index contributed by atoms with van der Waals surface area (Å²) in [7, 11) is 0. The Hall–Kier alpha value is -0.200. The number of nitrogens with zero attached hydrogens (tertiary/aromatic N) is 3. The highest BCUT2D eigenvalue weighted by Crippen LogP contribution is 2.40. The Kier molecular flexibility index (Phi) is 3.13. The third-order valence-corrected chi connectivity index (χ3v) is 4.54. The van der Waals surface area contributed by atoms with Gasteiger partial charge in [0.1, 0.15) is 5.82 Å². The molecule has 1 aliphatic heterocycles. The van der Waals surface area contributed by atoms with Crippen molar-refractivity contribution < 1.29 is 4.74 Å². The van der Waals surface area contributed by atoms with Gasteiger partial charge in [-0.2, -0.15) is 4.37 Å². The van der Waals surface area contributed by atoms with E-state index in [-0.39, 0.29) is 0 Å². The van der Waals surface area contributed by atoms with Crippen molar-refractivity contribution in [3.63, 3.8) is 0 Å². The molecule has 0 radical (unpaired) electrons. The molecule has 0 spiro atoms. The molecule has 1 atom stereocenters. The number of anilines is 1. The second-order valence-electron chi connectivity index (χ2n) is 4.29. The van der Waals surface area contributed by atoms with E-state index in [1.807, 2.05) is 0 Å². The molecule has 0 N–H and O–H groups in total. The van der Waals surface area contributed by atoms with Gasteiger partial charge in [-0.1, -0.05) is 15.9 Å². The van der Waals surface area contributed by atoms with E-state index in [4.69, 9.17) is 4.74 Å². The van der Waals surface area contributed by atoms with E-state index in [2.05, 4.69) is 30.2 Å². The van der Waals surface area contributed by atoms with Crippen molar-refractivity contribution >= 4 is 32.6 Å². The largest absolute Gasteiger partial charge is 0.377 e. The molecule has 2 fully saturated rings. The molecule has 0 bridgehead atoms. The second kappa shape index (κ2) is 4.58. The molecule has 2 aliphatic rings. The summed E-state index contributed by atoms with van der Waals surface area (Å²) in [4.78, 5) is 6.97. The Bertz CT molecular complexity index is 369. The molecule has 16 heavy (non-hydrogen) atoms. The van der Waals surface area contributed by atoms with Gasteiger partial charge in [0.15, 0.2) is 0 Å². The molecule has 1 aromatic heterocycles. The minimum atomic E-state index is 0.397. The molecular weight excluding hydrogens is 290 g/mol. The highest BCUT2D eigenvalue weighted by molar-refractivity contribution is 9.09. The van der Waals surface area contributed by atoms with Crippen molar-refractivity contribution in [1.29, 1.82) is 0 Å². The Morgan fingerprint density at radius 1 is 1.50 bits per heavy atom. The third kappa shape index (κ3) is 2.10. The summed E-state index contributed by atoms with van der Waals surface area (Å²) in [6.07, 6.45) is 2.53. The lowest BCUT2D eigenvalue weighted by Crippen LogP contribution is -2.46. The van der Waals surface area contributed by atoms with Gasteiger partial charge < -0.3 is 9.64 Å². The Labute approximate surface area is 107 Å². The maximum absolute atomic E-state index is 5.48. The lowest BCUT2D eigenvalue weighted by atomic mass is 10.3. The molecule has 4 nitrogen and oxygen atoms in total. The van der Waals surface area contributed by atoms with Gasteiger partial charge in [-0.05, 0) is 12.8 Å². The van der Waals surface area contributed by atoms with Gasteiger partial charge in [-0.25, -0.2) is 4.98 Å². The highest BCUT2D eigenvalue weighted by Gasteiger charge is 2.30. The number of hydrogen-bond donors (Lipinski definition) is 0. The molecular formula is C10H14BrN3OS. The SMILES string of the molecule is BrCC1COCCN1c1nc(C2CC2)ns1. The fraction of sp³-hybridized carbons (Fsp3) is 0.800. The van der Waals surface area contributed by atoms with Crippen LogP contribution in [0, 0.1) is 0 Å². The maximum atomic E-state index is 5.48. The van der Waals surface area contributed by atoms with Gasteiger partial charge >= 0.3 is 0 Å². The van der Waals surface area contributed by atoms with Crippen LogP contribution in [-0.4, -0.2) is 40.5 Å². The van der Waals surface area contributed by atoms with E-state index in [0.29, 0.717) is 12.0 Å². The van der Waals surface area contributed by atoms with Gasteiger partial charge in [-0.15, -0.1) is 0 Å². The predicted molar refractivity (Wildman–Crippen MR) is 67.6 cm³/mol. The van der Waals surface area contributed by atoms with Crippen molar-refractivity contribution in [2.75, 3.05) is 30.0 Å². The molecule has 88 valence electrons. The van der Waals surface area contributed by atoms with Crippen molar-refractivity contribution in [3.8, 4) is 0 Å². The topological polar surface area (TPSA) is 38.2 Å². The first-order chi connectivity index (χ1) is 7.88. The standard InChI is InChI=1S/C10H14BrN3OS/c11-5-8-6-15-4-3-14(8)10-12-9(13-16-10)7-1-2-7/h7-8H,1-6H2. The monoisotopic (exact) mass is 303 g/mol. The van der Waals surface area contributed by atoms with E-state index in [9.17, 15) is 0 Å². The van der Waals surface area contributed by atoms with Gasteiger partial charge in [0, 0.05) is 29.3 Å². The molecule has 0 aromatic carbocycles. The van der Waals surface area contributed by atoms with E-state index in [1.54, 1.807) is 0 Å². The van der Waals surface area contributed by atoms with Crippen molar-refractivity contribution in [2.24, 2.45) is 0 Å².